The zero-order chi connectivity index (χ0) is 20.0. The molecule has 0 unspecified atom stereocenters. The van der Waals surface area contributed by atoms with Gasteiger partial charge in [-0.15, -0.1) is 0 Å². The maximum absolute atomic E-state index is 13.7. The Balaban J connectivity index is 2.21. The number of rotatable bonds is 8. The molecule has 1 amide bonds. The van der Waals surface area contributed by atoms with Gasteiger partial charge in [-0.05, 0) is 18.6 Å². The average molecular weight is 393 g/mol. The number of nitrogens with one attached hydrogen (secondary N) is 2. The van der Waals surface area contributed by atoms with E-state index < -0.39 is 28.5 Å². The minimum Gasteiger partial charge on any atom is -0.549 e. The number of aliphatic carboxylic acids is 1. The van der Waals surface area contributed by atoms with Gasteiger partial charge in [-0.3, -0.25) is 14.6 Å². The standard InChI is InChI=1S/C17H19FN4O4S/c1-2-3-8-11(16(25)26)27-17-21-13(19)12(15(24)22-17)20-14(23)9-6-4-5-7-10(9)18/h4-7,11H,2-3,8H2,1H3,(H,20,23)(H,25,26)(H3,19,21,22,24)/p-1/t11-/m0/s1. The molecule has 27 heavy (non-hydrogen) atoms. The van der Waals surface area contributed by atoms with Crippen molar-refractivity contribution < 1.29 is 19.1 Å². The average Bonchev–Trinajstić information content (AvgIpc) is 2.61. The van der Waals surface area contributed by atoms with Gasteiger partial charge >= 0.3 is 0 Å². The summed E-state index contributed by atoms with van der Waals surface area (Å²) < 4.78 is 13.7. The molecule has 0 bridgehead atoms. The van der Waals surface area contributed by atoms with Crippen LogP contribution in [0.1, 0.15) is 36.5 Å². The van der Waals surface area contributed by atoms with Gasteiger partial charge in [0.05, 0.1) is 16.8 Å². The van der Waals surface area contributed by atoms with Crippen molar-refractivity contribution in [3.63, 3.8) is 0 Å². The SMILES string of the molecule is CCCC[C@H](Sc1nc(N)c(NC(=O)c2ccccc2F)c(=O)[nH]1)C(=O)[O-]. The lowest BCUT2D eigenvalue weighted by atomic mass is 10.2. The van der Waals surface area contributed by atoms with Crippen molar-refractivity contribution in [3.05, 3.63) is 46.0 Å². The minimum atomic E-state index is -1.27. The van der Waals surface area contributed by atoms with Crippen molar-refractivity contribution in [2.75, 3.05) is 11.1 Å². The van der Waals surface area contributed by atoms with E-state index >= 15 is 0 Å². The number of hydrogen-bond acceptors (Lipinski definition) is 7. The van der Waals surface area contributed by atoms with Gasteiger partial charge < -0.3 is 21.0 Å². The second-order valence-corrected chi connectivity index (χ2v) is 6.82. The van der Waals surface area contributed by atoms with Crippen molar-refractivity contribution >= 4 is 35.1 Å². The third-order valence-electron chi connectivity index (χ3n) is 3.62. The van der Waals surface area contributed by atoms with Gasteiger partial charge in [0.15, 0.2) is 11.0 Å². The first-order valence-electron chi connectivity index (χ1n) is 8.16. The van der Waals surface area contributed by atoms with E-state index in [2.05, 4.69) is 15.3 Å². The third-order valence-corrected chi connectivity index (χ3v) is 4.75. The van der Waals surface area contributed by atoms with Crippen LogP contribution in [0.3, 0.4) is 0 Å². The molecule has 1 aromatic heterocycles. The van der Waals surface area contributed by atoms with Crippen LogP contribution in [-0.2, 0) is 4.79 Å². The summed E-state index contributed by atoms with van der Waals surface area (Å²) in [4.78, 5) is 41.8. The number of nitrogens with two attached hydrogens (primary N) is 1. The van der Waals surface area contributed by atoms with E-state index in [-0.39, 0.29) is 22.2 Å². The predicted octanol–water partition coefficient (Wildman–Crippen LogP) is 1.14. The molecule has 0 aliphatic carbocycles. The number of thioether (sulfide) groups is 1. The zero-order valence-electron chi connectivity index (χ0n) is 14.5. The summed E-state index contributed by atoms with van der Waals surface area (Å²) >= 11 is 0.810. The van der Waals surface area contributed by atoms with Crippen LogP contribution >= 0.6 is 11.8 Å². The number of anilines is 2. The van der Waals surface area contributed by atoms with Crippen molar-refractivity contribution in [2.45, 2.75) is 36.6 Å². The van der Waals surface area contributed by atoms with Gasteiger partial charge in [0.2, 0.25) is 0 Å². The molecule has 0 aliphatic heterocycles. The summed E-state index contributed by atoms with van der Waals surface area (Å²) in [6, 6.07) is 5.26. The Kier molecular flexibility index (Phi) is 6.94. The Bertz CT molecular complexity index is 903. The van der Waals surface area contributed by atoms with E-state index in [1.165, 1.54) is 18.2 Å². The molecular formula is C17H18FN4O4S-. The molecule has 0 fully saturated rings. The molecule has 0 saturated heterocycles. The van der Waals surface area contributed by atoms with Crippen molar-refractivity contribution in [1.82, 2.24) is 9.97 Å². The number of aromatic nitrogens is 2. The molecule has 1 atom stereocenters. The Hall–Kier alpha value is -2.88. The first-order chi connectivity index (χ1) is 12.8. The lowest BCUT2D eigenvalue weighted by molar-refractivity contribution is -0.304. The van der Waals surface area contributed by atoms with Crippen LogP contribution in [0.4, 0.5) is 15.9 Å². The Morgan fingerprint density at radius 2 is 2.11 bits per heavy atom. The van der Waals surface area contributed by atoms with Crippen molar-refractivity contribution in [1.29, 1.82) is 0 Å². The Labute approximate surface area is 158 Å². The lowest BCUT2D eigenvalue weighted by Gasteiger charge is -2.17. The number of benzene rings is 1. The molecule has 8 nitrogen and oxygen atoms in total. The molecule has 4 N–H and O–H groups in total. The molecule has 2 rings (SSSR count). The fourth-order valence-electron chi connectivity index (χ4n) is 2.22. The van der Waals surface area contributed by atoms with Crippen LogP contribution in [0.2, 0.25) is 0 Å². The van der Waals surface area contributed by atoms with Crippen molar-refractivity contribution in [2.24, 2.45) is 0 Å². The fraction of sp³-hybridized carbons (Fsp3) is 0.294. The van der Waals surface area contributed by atoms with Crippen LogP contribution in [-0.4, -0.2) is 27.1 Å². The molecule has 1 aromatic carbocycles. The highest BCUT2D eigenvalue weighted by atomic mass is 32.2. The molecule has 10 heteroatoms. The number of carboxylic acid groups (broad SMARTS) is 1. The van der Waals surface area contributed by atoms with Gasteiger partial charge in [-0.25, -0.2) is 9.37 Å². The van der Waals surface area contributed by atoms with Gasteiger partial charge in [0.25, 0.3) is 11.5 Å². The van der Waals surface area contributed by atoms with Crippen LogP contribution in [0, 0.1) is 5.82 Å². The zero-order valence-corrected chi connectivity index (χ0v) is 15.3. The van der Waals surface area contributed by atoms with E-state index in [9.17, 15) is 23.9 Å². The summed E-state index contributed by atoms with van der Waals surface area (Å²) in [6.45, 7) is 1.92. The van der Waals surface area contributed by atoms with Crippen LogP contribution in [0.5, 0.6) is 0 Å². The molecule has 2 aromatic rings. The number of hydrogen-bond donors (Lipinski definition) is 3. The summed E-state index contributed by atoms with van der Waals surface area (Å²) in [5.74, 6) is -3.19. The van der Waals surface area contributed by atoms with Crippen LogP contribution in [0.25, 0.3) is 0 Å². The van der Waals surface area contributed by atoms with E-state index in [0.717, 1.165) is 24.2 Å². The Morgan fingerprint density at radius 3 is 2.70 bits per heavy atom. The second-order valence-electron chi connectivity index (χ2n) is 5.63. The van der Waals surface area contributed by atoms with E-state index in [0.29, 0.717) is 12.8 Å². The predicted molar refractivity (Wildman–Crippen MR) is 97.8 cm³/mol. The molecule has 0 aliphatic rings. The number of amides is 1. The third kappa shape index (κ3) is 5.30. The monoisotopic (exact) mass is 393 g/mol. The number of carbonyl (C=O) groups is 2. The van der Waals surface area contributed by atoms with Gasteiger partial charge in [-0.2, -0.15) is 0 Å². The van der Waals surface area contributed by atoms with Crippen LogP contribution in [0.15, 0.2) is 34.2 Å². The second kappa shape index (κ2) is 9.17. The number of carbonyl (C=O) groups excluding carboxylic acids is 2. The number of carboxylic acids is 1. The van der Waals surface area contributed by atoms with E-state index in [1.807, 2.05) is 6.92 Å². The number of nitrogen functional groups attached to an aromatic ring is 1. The number of aromatic amines is 1. The first kappa shape index (κ1) is 20.4. The summed E-state index contributed by atoms with van der Waals surface area (Å²) in [5.41, 5.74) is 4.35. The number of unbranched alkanes of at least 4 members (excludes halogenated alkanes) is 1. The quantitative estimate of drug-likeness (QED) is 0.451. The highest BCUT2D eigenvalue weighted by Gasteiger charge is 2.18. The minimum absolute atomic E-state index is 0.00769. The molecular weight excluding hydrogens is 375 g/mol. The highest BCUT2D eigenvalue weighted by molar-refractivity contribution is 8.00. The van der Waals surface area contributed by atoms with Gasteiger partial charge in [-0.1, -0.05) is 43.7 Å². The molecule has 1 heterocycles. The van der Waals surface area contributed by atoms with Crippen LogP contribution < -0.4 is 21.7 Å². The van der Waals surface area contributed by atoms with Gasteiger partial charge in [0, 0.05) is 0 Å². The summed E-state index contributed by atoms with van der Waals surface area (Å²) in [5, 5.41) is 12.5. The summed E-state index contributed by atoms with van der Waals surface area (Å²) in [6.07, 6.45) is 1.82. The normalized spacial score (nSPS) is 11.8. The highest BCUT2D eigenvalue weighted by Crippen LogP contribution is 2.24. The van der Waals surface area contributed by atoms with Gasteiger partial charge in [0.1, 0.15) is 11.5 Å². The summed E-state index contributed by atoms with van der Waals surface area (Å²) in [7, 11) is 0. The van der Waals surface area contributed by atoms with Crippen molar-refractivity contribution in [3.8, 4) is 0 Å². The van der Waals surface area contributed by atoms with E-state index in [4.69, 9.17) is 5.73 Å². The maximum atomic E-state index is 13.7. The maximum Gasteiger partial charge on any atom is 0.277 e. The topological polar surface area (TPSA) is 141 Å². The lowest BCUT2D eigenvalue weighted by Crippen LogP contribution is -2.34. The Morgan fingerprint density at radius 1 is 1.41 bits per heavy atom. The smallest absolute Gasteiger partial charge is 0.277 e. The molecule has 0 radical (unpaired) electrons. The largest absolute Gasteiger partial charge is 0.549 e. The molecule has 0 spiro atoms. The van der Waals surface area contributed by atoms with E-state index in [1.54, 1.807) is 0 Å². The number of H-pyrrole nitrogens is 1. The number of nitrogens with zero attached hydrogens (tertiary/aromatic N) is 1. The number of halogens is 1. The molecule has 144 valence electrons. The molecule has 0 saturated carbocycles. The fourth-order valence-corrected chi connectivity index (χ4v) is 3.17. The first-order valence-corrected chi connectivity index (χ1v) is 9.04.